The van der Waals surface area contributed by atoms with Crippen LogP contribution in [0.4, 0.5) is 0 Å². The first-order valence-corrected chi connectivity index (χ1v) is 11.9. The largest absolute Gasteiger partial charge is 0.396 e. The molecule has 6 fully saturated rings. The molecule has 0 saturated heterocycles. The first-order chi connectivity index (χ1) is 13.2. The Bertz CT molecular complexity index is 696. The van der Waals surface area contributed by atoms with Gasteiger partial charge in [-0.2, -0.15) is 0 Å². The van der Waals surface area contributed by atoms with E-state index in [2.05, 4.69) is 13.8 Å². The van der Waals surface area contributed by atoms with E-state index in [4.69, 9.17) is 0 Å². The molecule has 6 aliphatic rings. The molecule has 4 heteroatoms. The molecule has 0 aromatic carbocycles. The average Bonchev–Trinajstić information content (AvgIpc) is 3.54. The van der Waals surface area contributed by atoms with Crippen LogP contribution >= 0.6 is 0 Å². The highest BCUT2D eigenvalue weighted by Crippen LogP contribution is 2.82. The Morgan fingerprint density at radius 3 is 2.36 bits per heavy atom. The minimum absolute atomic E-state index is 0.0238. The molecule has 3 unspecified atom stereocenters. The molecule has 0 aromatic rings. The zero-order valence-electron chi connectivity index (χ0n) is 17.5. The highest BCUT2D eigenvalue weighted by Gasteiger charge is 2.80. The van der Waals surface area contributed by atoms with Crippen molar-refractivity contribution in [2.45, 2.75) is 88.9 Å². The normalized spacial score (nSPS) is 66.2. The molecule has 6 saturated carbocycles. The third kappa shape index (κ3) is 1.89. The molecule has 4 nitrogen and oxygen atoms in total. The highest BCUT2D eigenvalue weighted by molar-refractivity contribution is 5.29. The van der Waals surface area contributed by atoms with E-state index in [1.54, 1.807) is 0 Å². The topological polar surface area (TPSA) is 80.9 Å². The van der Waals surface area contributed by atoms with Gasteiger partial charge in [0.15, 0.2) is 0 Å². The van der Waals surface area contributed by atoms with Crippen molar-refractivity contribution in [1.29, 1.82) is 0 Å². The predicted octanol–water partition coefficient (Wildman–Crippen LogP) is 2.72. The molecule has 0 radical (unpaired) electrons. The van der Waals surface area contributed by atoms with Crippen molar-refractivity contribution >= 4 is 0 Å². The van der Waals surface area contributed by atoms with Crippen LogP contribution in [0, 0.1) is 52.3 Å². The molecule has 0 aliphatic heterocycles. The van der Waals surface area contributed by atoms with E-state index >= 15 is 0 Å². The van der Waals surface area contributed by atoms with Crippen LogP contribution < -0.4 is 0 Å². The lowest BCUT2D eigenvalue weighted by Crippen LogP contribution is -2.65. The molecule has 0 spiro atoms. The van der Waals surface area contributed by atoms with Gasteiger partial charge in [-0.1, -0.05) is 13.8 Å². The van der Waals surface area contributed by atoms with Crippen molar-refractivity contribution in [3.05, 3.63) is 0 Å². The smallest absolute Gasteiger partial charge is 0.0759 e. The van der Waals surface area contributed by atoms with Crippen molar-refractivity contribution in [2.24, 2.45) is 52.3 Å². The summed E-state index contributed by atoms with van der Waals surface area (Å²) in [4.78, 5) is 0. The fourth-order valence-electron chi connectivity index (χ4n) is 10.1. The van der Waals surface area contributed by atoms with Crippen LogP contribution in [0.15, 0.2) is 0 Å². The summed E-state index contributed by atoms with van der Waals surface area (Å²) in [5.41, 5.74) is -1.38. The van der Waals surface area contributed by atoms with Gasteiger partial charge in [0.05, 0.1) is 17.3 Å². The predicted molar refractivity (Wildman–Crippen MR) is 105 cm³/mol. The minimum Gasteiger partial charge on any atom is -0.396 e. The number of fused-ring (bicyclic) bond motifs is 10. The van der Waals surface area contributed by atoms with Gasteiger partial charge in [0, 0.05) is 13.0 Å². The van der Waals surface area contributed by atoms with Gasteiger partial charge in [0.2, 0.25) is 0 Å². The van der Waals surface area contributed by atoms with Crippen molar-refractivity contribution < 1.29 is 20.4 Å². The lowest BCUT2D eigenvalue weighted by atomic mass is 9.42. The summed E-state index contributed by atoms with van der Waals surface area (Å²) < 4.78 is 0. The Balaban J connectivity index is 1.38. The SMILES string of the molecule is C[C@]12CCC3C(C1[C@@H]1C[C@@H]1[C@@]2(O)CCCO)[C@H]1C[C@H]1[C@]1(O)C[C@@H](O)CC[C@]31C. The number of aliphatic hydroxyl groups is 4. The van der Waals surface area contributed by atoms with Crippen LogP contribution in [-0.2, 0) is 0 Å². The van der Waals surface area contributed by atoms with Gasteiger partial charge in [0.1, 0.15) is 0 Å². The lowest BCUT2D eigenvalue weighted by molar-refractivity contribution is -0.237. The first kappa shape index (κ1) is 18.6. The Labute approximate surface area is 168 Å². The monoisotopic (exact) mass is 390 g/mol. The van der Waals surface area contributed by atoms with Crippen LogP contribution in [0.2, 0.25) is 0 Å². The number of aliphatic hydroxyl groups excluding tert-OH is 2. The fourth-order valence-corrected chi connectivity index (χ4v) is 10.1. The molecule has 4 N–H and O–H groups in total. The maximum Gasteiger partial charge on any atom is 0.0759 e. The molecule has 12 atom stereocenters. The number of hydrogen-bond acceptors (Lipinski definition) is 4. The molecule has 158 valence electrons. The Kier molecular flexibility index (Phi) is 3.56. The Hall–Kier alpha value is -0.160. The van der Waals surface area contributed by atoms with Crippen LogP contribution in [0.25, 0.3) is 0 Å². The molecule has 0 amide bonds. The van der Waals surface area contributed by atoms with Crippen molar-refractivity contribution in [3.63, 3.8) is 0 Å². The van der Waals surface area contributed by atoms with Crippen LogP contribution in [-0.4, -0.2) is 44.3 Å². The minimum atomic E-state index is -0.682. The molecule has 28 heavy (non-hydrogen) atoms. The number of hydrogen-bond donors (Lipinski definition) is 4. The van der Waals surface area contributed by atoms with Gasteiger partial charge in [-0.3, -0.25) is 0 Å². The summed E-state index contributed by atoms with van der Waals surface area (Å²) in [5.74, 6) is 3.82. The Morgan fingerprint density at radius 2 is 1.61 bits per heavy atom. The molecular weight excluding hydrogens is 352 g/mol. The van der Waals surface area contributed by atoms with Crippen molar-refractivity contribution in [1.82, 2.24) is 0 Å². The van der Waals surface area contributed by atoms with Crippen LogP contribution in [0.1, 0.15) is 71.6 Å². The van der Waals surface area contributed by atoms with E-state index in [9.17, 15) is 20.4 Å². The molecule has 0 aromatic heterocycles. The van der Waals surface area contributed by atoms with E-state index in [1.165, 1.54) is 6.42 Å². The Morgan fingerprint density at radius 1 is 0.893 bits per heavy atom. The maximum atomic E-state index is 11.9. The summed E-state index contributed by atoms with van der Waals surface area (Å²) in [6, 6.07) is 0. The standard InChI is InChI=1S/C24H38O4/c1-21-7-4-13(26)12-24(21,28)17-10-14(17)19-16(21)5-8-22(2)20(19)15-11-18(15)23(22,27)6-3-9-25/h13-20,25-28H,3-12H2,1-2H3/t13-,14-,15+,16?,17+,18-,19?,20?,21+,22-,23-,24+/m0/s1. The summed E-state index contributed by atoms with van der Waals surface area (Å²) in [6.45, 7) is 4.87. The van der Waals surface area contributed by atoms with Gasteiger partial charge >= 0.3 is 0 Å². The van der Waals surface area contributed by atoms with Gasteiger partial charge in [0.25, 0.3) is 0 Å². The fraction of sp³-hybridized carbons (Fsp3) is 1.00. The second-order valence-corrected chi connectivity index (χ2v) is 12.2. The van der Waals surface area contributed by atoms with E-state index < -0.39 is 11.2 Å². The molecule has 6 aliphatic carbocycles. The third-order valence-corrected chi connectivity index (χ3v) is 11.5. The van der Waals surface area contributed by atoms with Crippen molar-refractivity contribution in [3.8, 4) is 0 Å². The zero-order chi connectivity index (χ0) is 19.7. The molecule has 0 heterocycles. The van der Waals surface area contributed by atoms with E-state index in [0.29, 0.717) is 54.3 Å². The third-order valence-electron chi connectivity index (χ3n) is 11.5. The van der Waals surface area contributed by atoms with Gasteiger partial charge in [-0.25, -0.2) is 0 Å². The van der Waals surface area contributed by atoms with E-state index in [0.717, 1.165) is 38.5 Å². The molecule has 6 rings (SSSR count). The molecule has 0 bridgehead atoms. The van der Waals surface area contributed by atoms with Gasteiger partial charge in [-0.15, -0.1) is 0 Å². The van der Waals surface area contributed by atoms with Crippen LogP contribution in [0.5, 0.6) is 0 Å². The van der Waals surface area contributed by atoms with Crippen LogP contribution in [0.3, 0.4) is 0 Å². The molecular formula is C24H38O4. The van der Waals surface area contributed by atoms with E-state index in [-0.39, 0.29) is 23.5 Å². The van der Waals surface area contributed by atoms with Gasteiger partial charge < -0.3 is 20.4 Å². The van der Waals surface area contributed by atoms with Gasteiger partial charge in [-0.05, 0) is 104 Å². The summed E-state index contributed by atoms with van der Waals surface area (Å²) in [7, 11) is 0. The summed E-state index contributed by atoms with van der Waals surface area (Å²) in [6.07, 6.45) is 7.91. The first-order valence-electron chi connectivity index (χ1n) is 11.9. The lowest BCUT2D eigenvalue weighted by Gasteiger charge is -2.64. The quantitative estimate of drug-likeness (QED) is 0.597. The highest BCUT2D eigenvalue weighted by atomic mass is 16.3. The maximum absolute atomic E-state index is 11.9. The van der Waals surface area contributed by atoms with Crippen molar-refractivity contribution in [2.75, 3.05) is 6.61 Å². The zero-order valence-corrected chi connectivity index (χ0v) is 17.5. The summed E-state index contributed by atoms with van der Waals surface area (Å²) >= 11 is 0. The average molecular weight is 391 g/mol. The number of rotatable bonds is 3. The second kappa shape index (κ2) is 5.36. The summed E-state index contributed by atoms with van der Waals surface area (Å²) in [5, 5.41) is 43.4. The second-order valence-electron chi connectivity index (χ2n) is 12.2. The van der Waals surface area contributed by atoms with E-state index in [1.807, 2.05) is 0 Å².